The lowest BCUT2D eigenvalue weighted by molar-refractivity contribution is 0.174. The van der Waals surface area contributed by atoms with E-state index in [-0.39, 0.29) is 6.04 Å². The zero-order chi connectivity index (χ0) is 10.8. The Bertz CT molecular complexity index is 233. The number of rotatable bonds is 3. The summed E-state index contributed by atoms with van der Waals surface area (Å²) in [6, 6.07) is 0.865. The Morgan fingerprint density at radius 1 is 1.27 bits per heavy atom. The molecule has 0 aromatic heterocycles. The summed E-state index contributed by atoms with van der Waals surface area (Å²) in [5, 5.41) is 7.56. The monoisotopic (exact) mass is 209 g/mol. The van der Waals surface area contributed by atoms with Crippen LogP contribution in [-0.4, -0.2) is 29.4 Å². The fourth-order valence-corrected chi connectivity index (χ4v) is 3.32. The highest BCUT2D eigenvalue weighted by Gasteiger charge is 2.36. The molecule has 0 spiro atoms. The van der Waals surface area contributed by atoms with Crippen molar-refractivity contribution in [2.45, 2.75) is 57.5 Å². The maximum Gasteiger partial charge on any atom is 0.108 e. The van der Waals surface area contributed by atoms with Crippen molar-refractivity contribution in [3.63, 3.8) is 0 Å². The molecule has 0 bridgehead atoms. The van der Waals surface area contributed by atoms with Crippen LogP contribution in [0, 0.1) is 11.3 Å². The lowest BCUT2D eigenvalue weighted by Crippen LogP contribution is -2.47. The maximum absolute atomic E-state index is 7.56. The second-order valence-electron chi connectivity index (χ2n) is 5.12. The third-order valence-corrected chi connectivity index (χ3v) is 4.23. The molecular formula is C12H23N3. The molecule has 2 aliphatic rings. The van der Waals surface area contributed by atoms with E-state index in [1.165, 1.54) is 38.5 Å². The van der Waals surface area contributed by atoms with Gasteiger partial charge in [0.25, 0.3) is 0 Å². The smallest absolute Gasteiger partial charge is 0.108 e. The van der Waals surface area contributed by atoms with E-state index in [1.54, 1.807) is 0 Å². The zero-order valence-electron chi connectivity index (χ0n) is 9.71. The van der Waals surface area contributed by atoms with Gasteiger partial charge in [-0.25, -0.2) is 0 Å². The Balaban J connectivity index is 2.00. The second-order valence-corrected chi connectivity index (χ2v) is 5.12. The third-order valence-electron chi connectivity index (χ3n) is 4.23. The van der Waals surface area contributed by atoms with E-state index in [4.69, 9.17) is 11.1 Å². The molecule has 86 valence electrons. The first kappa shape index (κ1) is 10.9. The quantitative estimate of drug-likeness (QED) is 0.551. The van der Waals surface area contributed by atoms with Gasteiger partial charge in [0.2, 0.25) is 0 Å². The molecule has 1 aliphatic carbocycles. The summed E-state index contributed by atoms with van der Waals surface area (Å²) in [7, 11) is 0. The third kappa shape index (κ3) is 2.17. The fourth-order valence-electron chi connectivity index (χ4n) is 3.32. The minimum absolute atomic E-state index is 0.151. The van der Waals surface area contributed by atoms with Gasteiger partial charge in [-0.15, -0.1) is 0 Å². The van der Waals surface area contributed by atoms with Crippen molar-refractivity contribution in [3.05, 3.63) is 0 Å². The van der Waals surface area contributed by atoms with Gasteiger partial charge < -0.3 is 5.73 Å². The predicted octanol–water partition coefficient (Wildman–Crippen LogP) is 1.97. The molecule has 1 saturated carbocycles. The molecule has 15 heavy (non-hydrogen) atoms. The van der Waals surface area contributed by atoms with Gasteiger partial charge in [0.05, 0.1) is 6.04 Å². The van der Waals surface area contributed by atoms with Crippen LogP contribution in [0.25, 0.3) is 0 Å². The number of nitrogens with two attached hydrogens (primary N) is 1. The van der Waals surface area contributed by atoms with Crippen LogP contribution in [0.5, 0.6) is 0 Å². The lowest BCUT2D eigenvalue weighted by Gasteiger charge is -2.33. The van der Waals surface area contributed by atoms with Gasteiger partial charge in [0.1, 0.15) is 5.84 Å². The van der Waals surface area contributed by atoms with Crippen molar-refractivity contribution in [2.24, 2.45) is 11.7 Å². The topological polar surface area (TPSA) is 53.1 Å². The standard InChI is InChI=1S/C12H23N3/c1-9(12(13)14)15-8-4-7-11(15)10-5-2-3-6-10/h9-11H,2-8H2,1H3,(H3,13,14). The molecule has 2 unspecified atom stereocenters. The molecule has 3 N–H and O–H groups in total. The lowest BCUT2D eigenvalue weighted by atomic mass is 9.95. The summed E-state index contributed by atoms with van der Waals surface area (Å²) in [5.74, 6) is 1.22. The van der Waals surface area contributed by atoms with Crippen molar-refractivity contribution >= 4 is 5.84 Å². The zero-order valence-corrected chi connectivity index (χ0v) is 9.71. The van der Waals surface area contributed by atoms with E-state index >= 15 is 0 Å². The van der Waals surface area contributed by atoms with E-state index in [2.05, 4.69) is 11.8 Å². The first-order chi connectivity index (χ1) is 7.20. The highest BCUT2D eigenvalue weighted by molar-refractivity contribution is 5.82. The van der Waals surface area contributed by atoms with Gasteiger partial charge in [-0.2, -0.15) is 0 Å². The molecule has 3 heteroatoms. The predicted molar refractivity (Wildman–Crippen MR) is 63.1 cm³/mol. The number of nitrogens with one attached hydrogen (secondary N) is 1. The van der Waals surface area contributed by atoms with Crippen LogP contribution >= 0.6 is 0 Å². The Kier molecular flexibility index (Phi) is 3.29. The summed E-state index contributed by atoms with van der Waals surface area (Å²) in [4.78, 5) is 2.47. The molecule has 3 nitrogen and oxygen atoms in total. The molecule has 1 saturated heterocycles. The summed E-state index contributed by atoms with van der Waals surface area (Å²) in [5.41, 5.74) is 5.62. The number of amidine groups is 1. The second kappa shape index (κ2) is 4.52. The van der Waals surface area contributed by atoms with Gasteiger partial charge in [-0.3, -0.25) is 10.3 Å². The van der Waals surface area contributed by atoms with Crippen LogP contribution in [0.15, 0.2) is 0 Å². The Morgan fingerprint density at radius 3 is 2.53 bits per heavy atom. The van der Waals surface area contributed by atoms with Crippen LogP contribution < -0.4 is 5.73 Å². The van der Waals surface area contributed by atoms with Crippen molar-refractivity contribution in [1.29, 1.82) is 5.41 Å². The Labute approximate surface area is 92.5 Å². The first-order valence-electron chi connectivity index (χ1n) is 6.30. The number of likely N-dealkylation sites (tertiary alicyclic amines) is 1. The van der Waals surface area contributed by atoms with Gasteiger partial charge in [-0.1, -0.05) is 12.8 Å². The highest BCUT2D eigenvalue weighted by atomic mass is 15.2. The average Bonchev–Trinajstić information content (AvgIpc) is 2.86. The SMILES string of the molecule is CC(C(=N)N)N1CCCC1C1CCCC1. The van der Waals surface area contributed by atoms with Crippen molar-refractivity contribution in [2.75, 3.05) is 6.54 Å². The van der Waals surface area contributed by atoms with Crippen LogP contribution in [0.3, 0.4) is 0 Å². The van der Waals surface area contributed by atoms with E-state index in [1.807, 2.05) is 0 Å². The fraction of sp³-hybridized carbons (Fsp3) is 0.917. The minimum atomic E-state index is 0.151. The summed E-state index contributed by atoms with van der Waals surface area (Å²) in [6.45, 7) is 3.22. The van der Waals surface area contributed by atoms with Crippen LogP contribution in [0.2, 0.25) is 0 Å². The van der Waals surface area contributed by atoms with Crippen molar-refractivity contribution in [3.8, 4) is 0 Å². The van der Waals surface area contributed by atoms with Crippen LogP contribution in [0.4, 0.5) is 0 Å². The number of nitrogens with zero attached hydrogens (tertiary/aromatic N) is 1. The molecule has 0 aromatic carbocycles. The van der Waals surface area contributed by atoms with E-state index in [0.29, 0.717) is 11.9 Å². The minimum Gasteiger partial charge on any atom is -0.386 e. The highest BCUT2D eigenvalue weighted by Crippen LogP contribution is 2.36. The molecule has 2 atom stereocenters. The molecule has 1 aliphatic heterocycles. The van der Waals surface area contributed by atoms with Crippen LogP contribution in [-0.2, 0) is 0 Å². The van der Waals surface area contributed by atoms with E-state index in [9.17, 15) is 0 Å². The first-order valence-corrected chi connectivity index (χ1v) is 6.30. The number of hydrogen-bond acceptors (Lipinski definition) is 2. The summed E-state index contributed by atoms with van der Waals surface area (Å²) < 4.78 is 0. The number of hydrogen-bond donors (Lipinski definition) is 2. The van der Waals surface area contributed by atoms with Gasteiger partial charge in [-0.05, 0) is 45.1 Å². The van der Waals surface area contributed by atoms with E-state index in [0.717, 1.165) is 12.5 Å². The van der Waals surface area contributed by atoms with Crippen LogP contribution in [0.1, 0.15) is 45.4 Å². The van der Waals surface area contributed by atoms with E-state index < -0.39 is 0 Å². The summed E-state index contributed by atoms with van der Waals surface area (Å²) >= 11 is 0. The molecule has 0 radical (unpaired) electrons. The Hall–Kier alpha value is -0.570. The summed E-state index contributed by atoms with van der Waals surface area (Å²) in [6.07, 6.45) is 8.21. The average molecular weight is 209 g/mol. The normalized spacial score (nSPS) is 30.9. The Morgan fingerprint density at radius 2 is 1.93 bits per heavy atom. The van der Waals surface area contributed by atoms with Gasteiger partial charge >= 0.3 is 0 Å². The molecule has 2 fully saturated rings. The maximum atomic E-state index is 7.56. The molecule has 0 amide bonds. The van der Waals surface area contributed by atoms with Crippen molar-refractivity contribution < 1.29 is 0 Å². The van der Waals surface area contributed by atoms with Gasteiger partial charge in [0.15, 0.2) is 0 Å². The molecular weight excluding hydrogens is 186 g/mol. The molecule has 2 rings (SSSR count). The van der Waals surface area contributed by atoms with Gasteiger partial charge in [0, 0.05) is 6.04 Å². The molecule has 0 aromatic rings. The molecule has 1 heterocycles. The largest absolute Gasteiger partial charge is 0.386 e. The van der Waals surface area contributed by atoms with Crippen molar-refractivity contribution in [1.82, 2.24) is 4.90 Å².